The summed E-state index contributed by atoms with van der Waals surface area (Å²) < 4.78 is 13.0. The molecule has 10 heteroatoms. The summed E-state index contributed by atoms with van der Waals surface area (Å²) in [6, 6.07) is 6.17. The SMILES string of the molecule is CCn1nnnc1SCC(=O)N1CC[NH+](Cc2ccc3c(c2)OCCO3)CC1. The normalized spacial score (nSPS) is 17.0. The van der Waals surface area contributed by atoms with Gasteiger partial charge in [-0.2, -0.15) is 0 Å². The maximum Gasteiger partial charge on any atom is 0.233 e. The van der Waals surface area contributed by atoms with Crippen LogP contribution in [0.4, 0.5) is 0 Å². The van der Waals surface area contributed by atoms with Gasteiger partial charge in [0.2, 0.25) is 11.1 Å². The number of aryl methyl sites for hydroxylation is 1. The first-order chi connectivity index (χ1) is 13.7. The molecular formula is C18H25N6O3S+. The van der Waals surface area contributed by atoms with Crippen LogP contribution in [0.1, 0.15) is 12.5 Å². The van der Waals surface area contributed by atoms with Gasteiger partial charge in [-0.15, -0.1) is 5.10 Å². The van der Waals surface area contributed by atoms with Gasteiger partial charge in [0.05, 0.1) is 31.9 Å². The van der Waals surface area contributed by atoms with Gasteiger partial charge in [-0.1, -0.05) is 11.8 Å². The summed E-state index contributed by atoms with van der Waals surface area (Å²) in [4.78, 5) is 15.9. The Morgan fingerprint density at radius 1 is 1.21 bits per heavy atom. The Kier molecular flexibility index (Phi) is 5.96. The van der Waals surface area contributed by atoms with Crippen molar-refractivity contribution in [1.82, 2.24) is 25.1 Å². The number of benzene rings is 1. The van der Waals surface area contributed by atoms with Crippen LogP contribution in [-0.4, -0.2) is 76.2 Å². The second kappa shape index (κ2) is 8.78. The van der Waals surface area contributed by atoms with E-state index in [9.17, 15) is 4.79 Å². The third-order valence-corrected chi connectivity index (χ3v) is 5.95. The number of thioether (sulfide) groups is 1. The quantitative estimate of drug-likeness (QED) is 0.648. The van der Waals surface area contributed by atoms with E-state index in [0.29, 0.717) is 30.7 Å². The van der Waals surface area contributed by atoms with Gasteiger partial charge >= 0.3 is 0 Å². The van der Waals surface area contributed by atoms with Crippen LogP contribution >= 0.6 is 11.8 Å². The maximum atomic E-state index is 12.5. The van der Waals surface area contributed by atoms with E-state index >= 15 is 0 Å². The van der Waals surface area contributed by atoms with E-state index in [-0.39, 0.29) is 5.91 Å². The van der Waals surface area contributed by atoms with Gasteiger partial charge in [-0.3, -0.25) is 4.79 Å². The number of ether oxygens (including phenoxy) is 2. The topological polar surface area (TPSA) is 86.8 Å². The third-order valence-electron chi connectivity index (χ3n) is 5.01. The van der Waals surface area contributed by atoms with Crippen LogP contribution in [0.2, 0.25) is 0 Å². The standard InChI is InChI=1S/C18H24N6O3S/c1-2-24-18(19-20-21-24)28-13-17(25)23-7-5-22(6-8-23)12-14-3-4-15-16(11-14)27-10-9-26-15/h3-4,11H,2,5-10,12-13H2,1H3/p+1. The molecule has 0 radical (unpaired) electrons. The molecule has 28 heavy (non-hydrogen) atoms. The average Bonchev–Trinajstić information content (AvgIpc) is 3.20. The molecule has 150 valence electrons. The predicted molar refractivity (Wildman–Crippen MR) is 103 cm³/mol. The minimum Gasteiger partial charge on any atom is -0.486 e. The molecule has 0 aliphatic carbocycles. The molecule has 9 nitrogen and oxygen atoms in total. The molecule has 0 spiro atoms. The van der Waals surface area contributed by atoms with E-state index in [2.05, 4.69) is 27.7 Å². The molecule has 1 amide bonds. The van der Waals surface area contributed by atoms with Gasteiger partial charge in [-0.25, -0.2) is 4.68 Å². The number of fused-ring (bicyclic) bond motifs is 1. The van der Waals surface area contributed by atoms with Crippen molar-refractivity contribution in [3.63, 3.8) is 0 Å². The number of nitrogens with zero attached hydrogens (tertiary/aromatic N) is 5. The second-order valence-electron chi connectivity index (χ2n) is 6.85. The number of hydrogen-bond donors (Lipinski definition) is 1. The monoisotopic (exact) mass is 405 g/mol. The predicted octanol–water partition coefficient (Wildman–Crippen LogP) is -0.516. The molecule has 2 aliphatic heterocycles. The number of amides is 1. The molecule has 1 fully saturated rings. The summed E-state index contributed by atoms with van der Waals surface area (Å²) in [6.45, 7) is 8.26. The minimum atomic E-state index is 0.147. The molecule has 1 N–H and O–H groups in total. The zero-order valence-corrected chi connectivity index (χ0v) is 16.8. The molecule has 1 saturated heterocycles. The number of hydrogen-bond acceptors (Lipinski definition) is 7. The lowest BCUT2D eigenvalue weighted by molar-refractivity contribution is -0.917. The first-order valence-corrected chi connectivity index (χ1v) is 10.6. The van der Waals surface area contributed by atoms with E-state index in [1.165, 1.54) is 22.2 Å². The van der Waals surface area contributed by atoms with E-state index in [4.69, 9.17) is 9.47 Å². The highest BCUT2D eigenvalue weighted by molar-refractivity contribution is 7.99. The lowest BCUT2D eigenvalue weighted by Gasteiger charge is -2.32. The number of tetrazole rings is 1. The number of piperazine rings is 1. The molecule has 1 aromatic heterocycles. The molecular weight excluding hydrogens is 380 g/mol. The molecule has 4 rings (SSSR count). The van der Waals surface area contributed by atoms with Crippen LogP contribution in [0, 0.1) is 0 Å². The van der Waals surface area contributed by atoms with Crippen molar-refractivity contribution >= 4 is 17.7 Å². The molecule has 2 aliphatic rings. The van der Waals surface area contributed by atoms with Gasteiger partial charge in [0.1, 0.15) is 19.8 Å². The van der Waals surface area contributed by atoms with Crippen LogP contribution in [0.3, 0.4) is 0 Å². The fourth-order valence-corrected chi connectivity index (χ4v) is 4.30. The fourth-order valence-electron chi connectivity index (χ4n) is 3.45. The highest BCUT2D eigenvalue weighted by Gasteiger charge is 2.24. The zero-order valence-electron chi connectivity index (χ0n) is 16.0. The Morgan fingerprint density at radius 2 is 2.00 bits per heavy atom. The Bertz CT molecular complexity index is 821. The van der Waals surface area contributed by atoms with Gasteiger partial charge < -0.3 is 19.3 Å². The smallest absolute Gasteiger partial charge is 0.233 e. The van der Waals surface area contributed by atoms with Crippen molar-refractivity contribution < 1.29 is 19.2 Å². The Hall–Kier alpha value is -2.33. The second-order valence-corrected chi connectivity index (χ2v) is 7.79. The van der Waals surface area contributed by atoms with E-state index in [1.807, 2.05) is 17.9 Å². The summed E-state index contributed by atoms with van der Waals surface area (Å²) in [7, 11) is 0. The van der Waals surface area contributed by atoms with Gasteiger partial charge in [0.15, 0.2) is 11.5 Å². The summed E-state index contributed by atoms with van der Waals surface area (Å²) in [5.41, 5.74) is 1.24. The lowest BCUT2D eigenvalue weighted by Crippen LogP contribution is -3.13. The molecule has 2 aromatic rings. The van der Waals surface area contributed by atoms with Gasteiger partial charge in [0.25, 0.3) is 0 Å². The van der Waals surface area contributed by atoms with Crippen molar-refractivity contribution in [2.45, 2.75) is 25.2 Å². The fraction of sp³-hybridized carbons (Fsp3) is 0.556. The number of aromatic nitrogens is 4. The van der Waals surface area contributed by atoms with Crippen LogP contribution in [0.15, 0.2) is 23.4 Å². The molecule has 1 aromatic carbocycles. The highest BCUT2D eigenvalue weighted by atomic mass is 32.2. The molecule has 0 unspecified atom stereocenters. The molecule has 0 saturated carbocycles. The first-order valence-electron chi connectivity index (χ1n) is 9.61. The lowest BCUT2D eigenvalue weighted by atomic mass is 10.1. The van der Waals surface area contributed by atoms with E-state index in [0.717, 1.165) is 44.2 Å². The summed E-state index contributed by atoms with van der Waals surface area (Å²) >= 11 is 1.40. The first kappa shape index (κ1) is 19.0. The number of carbonyl (C=O) groups is 1. The van der Waals surface area contributed by atoms with Crippen LogP contribution in [0.25, 0.3) is 0 Å². The van der Waals surface area contributed by atoms with E-state index < -0.39 is 0 Å². The molecule has 0 bridgehead atoms. The summed E-state index contributed by atoms with van der Waals surface area (Å²) in [5, 5.41) is 12.2. The third kappa shape index (κ3) is 4.39. The van der Waals surface area contributed by atoms with Crippen molar-refractivity contribution in [3.8, 4) is 11.5 Å². The highest BCUT2D eigenvalue weighted by Crippen LogP contribution is 2.30. The van der Waals surface area contributed by atoms with E-state index in [1.54, 1.807) is 4.68 Å². The average molecular weight is 406 g/mol. The largest absolute Gasteiger partial charge is 0.486 e. The van der Waals surface area contributed by atoms with Crippen LogP contribution in [0.5, 0.6) is 11.5 Å². The van der Waals surface area contributed by atoms with Gasteiger partial charge in [-0.05, 0) is 35.5 Å². The Labute approximate surface area is 168 Å². The van der Waals surface area contributed by atoms with Crippen LogP contribution < -0.4 is 14.4 Å². The Morgan fingerprint density at radius 3 is 2.79 bits per heavy atom. The maximum absolute atomic E-state index is 12.5. The number of carbonyl (C=O) groups excluding carboxylic acids is 1. The van der Waals surface area contributed by atoms with Crippen molar-refractivity contribution in [3.05, 3.63) is 23.8 Å². The van der Waals surface area contributed by atoms with Crippen molar-refractivity contribution in [2.24, 2.45) is 0 Å². The summed E-state index contributed by atoms with van der Waals surface area (Å²) in [5.74, 6) is 2.18. The van der Waals surface area contributed by atoms with Gasteiger partial charge in [0, 0.05) is 12.1 Å². The molecule has 3 heterocycles. The number of rotatable bonds is 6. The van der Waals surface area contributed by atoms with Crippen LogP contribution in [-0.2, 0) is 17.9 Å². The summed E-state index contributed by atoms with van der Waals surface area (Å²) in [6.07, 6.45) is 0. The van der Waals surface area contributed by atoms with Crippen molar-refractivity contribution in [2.75, 3.05) is 45.1 Å². The minimum absolute atomic E-state index is 0.147. The number of quaternary nitrogens is 1. The Balaban J connectivity index is 1.24. The zero-order chi connectivity index (χ0) is 19.3. The van der Waals surface area contributed by atoms with Crippen molar-refractivity contribution in [1.29, 1.82) is 0 Å². The number of nitrogens with one attached hydrogen (secondary N) is 1. The molecule has 0 atom stereocenters.